The Kier molecular flexibility index (Phi) is 7.17. The van der Waals surface area contributed by atoms with Crippen molar-refractivity contribution in [2.45, 2.75) is 18.2 Å². The molecule has 0 bridgehead atoms. The number of piperazine rings is 1. The van der Waals surface area contributed by atoms with Crippen molar-refractivity contribution < 1.29 is 17.9 Å². The van der Waals surface area contributed by atoms with Gasteiger partial charge in [-0.1, -0.05) is 13.0 Å². The second-order valence-corrected chi connectivity index (χ2v) is 8.69. The van der Waals surface area contributed by atoms with Gasteiger partial charge in [0.15, 0.2) is 0 Å². The van der Waals surface area contributed by atoms with Crippen LogP contribution < -0.4 is 25.0 Å². The van der Waals surface area contributed by atoms with E-state index in [1.54, 1.807) is 30.3 Å². The predicted molar refractivity (Wildman–Crippen MR) is 118 cm³/mol. The van der Waals surface area contributed by atoms with E-state index in [4.69, 9.17) is 4.74 Å². The Hall–Kier alpha value is -2.78. The number of rotatable bonds is 8. The molecule has 0 aliphatic carbocycles. The maximum Gasteiger partial charge on any atom is 0.262 e. The fourth-order valence-electron chi connectivity index (χ4n) is 3.28. The summed E-state index contributed by atoms with van der Waals surface area (Å²) in [4.78, 5) is 15.0. The number of carbonyl (C=O) groups excluding carboxylic acids is 1. The van der Waals surface area contributed by atoms with Gasteiger partial charge in [-0.2, -0.15) is 0 Å². The van der Waals surface area contributed by atoms with Crippen LogP contribution in [0.3, 0.4) is 0 Å². The molecule has 8 nitrogen and oxygen atoms in total. The molecule has 0 saturated carbocycles. The molecule has 0 atom stereocenters. The van der Waals surface area contributed by atoms with Crippen molar-refractivity contribution in [3.63, 3.8) is 0 Å². The molecule has 1 fully saturated rings. The number of hydrogen-bond acceptors (Lipinski definition) is 6. The smallest absolute Gasteiger partial charge is 0.262 e. The second-order valence-electron chi connectivity index (χ2n) is 7.01. The Bertz CT molecular complexity index is 988. The quantitative estimate of drug-likeness (QED) is 0.590. The summed E-state index contributed by atoms with van der Waals surface area (Å²) in [5.41, 5.74) is 1.59. The zero-order valence-electron chi connectivity index (χ0n) is 17.3. The first-order chi connectivity index (χ1) is 14.4. The van der Waals surface area contributed by atoms with Crippen LogP contribution >= 0.6 is 0 Å². The summed E-state index contributed by atoms with van der Waals surface area (Å²) in [7, 11) is -2.35. The molecule has 1 aliphatic rings. The van der Waals surface area contributed by atoms with Gasteiger partial charge in [0, 0.05) is 50.2 Å². The number of carbonyl (C=O) groups is 1. The molecule has 3 rings (SSSR count). The molecule has 3 N–H and O–H groups in total. The van der Waals surface area contributed by atoms with E-state index in [0.29, 0.717) is 23.5 Å². The van der Waals surface area contributed by atoms with Crippen LogP contribution in [0.4, 0.5) is 11.4 Å². The third-order valence-corrected chi connectivity index (χ3v) is 6.22. The van der Waals surface area contributed by atoms with Gasteiger partial charge in [-0.3, -0.25) is 9.52 Å². The Morgan fingerprint density at radius 2 is 1.93 bits per heavy atom. The summed E-state index contributed by atoms with van der Waals surface area (Å²) in [6, 6.07) is 11.3. The van der Waals surface area contributed by atoms with Crippen LogP contribution in [-0.4, -0.2) is 54.2 Å². The molecule has 1 heterocycles. The van der Waals surface area contributed by atoms with Gasteiger partial charge < -0.3 is 20.3 Å². The number of anilines is 2. The number of nitrogens with zero attached hydrogens (tertiary/aromatic N) is 1. The molecule has 9 heteroatoms. The Labute approximate surface area is 177 Å². The highest BCUT2D eigenvalue weighted by Crippen LogP contribution is 2.27. The lowest BCUT2D eigenvalue weighted by Gasteiger charge is -2.31. The van der Waals surface area contributed by atoms with Crippen LogP contribution in [0.1, 0.15) is 23.7 Å². The maximum absolute atomic E-state index is 12.8. The van der Waals surface area contributed by atoms with Gasteiger partial charge in [-0.05, 0) is 36.8 Å². The molecule has 30 heavy (non-hydrogen) atoms. The van der Waals surface area contributed by atoms with Crippen molar-refractivity contribution in [1.82, 2.24) is 10.6 Å². The predicted octanol–water partition coefficient (Wildman–Crippen LogP) is 2.05. The summed E-state index contributed by atoms with van der Waals surface area (Å²) < 4.78 is 33.3. The van der Waals surface area contributed by atoms with E-state index in [1.807, 2.05) is 6.92 Å². The van der Waals surface area contributed by atoms with Crippen molar-refractivity contribution in [3.8, 4) is 5.75 Å². The highest BCUT2D eigenvalue weighted by molar-refractivity contribution is 7.92. The van der Waals surface area contributed by atoms with Gasteiger partial charge >= 0.3 is 0 Å². The number of amides is 1. The van der Waals surface area contributed by atoms with Crippen LogP contribution in [0.25, 0.3) is 0 Å². The van der Waals surface area contributed by atoms with Gasteiger partial charge in [-0.25, -0.2) is 8.42 Å². The van der Waals surface area contributed by atoms with Crippen molar-refractivity contribution >= 4 is 27.3 Å². The Morgan fingerprint density at radius 1 is 1.17 bits per heavy atom. The Morgan fingerprint density at radius 3 is 2.63 bits per heavy atom. The monoisotopic (exact) mass is 432 g/mol. The van der Waals surface area contributed by atoms with Gasteiger partial charge in [0.1, 0.15) is 5.75 Å². The first-order valence-corrected chi connectivity index (χ1v) is 11.5. The summed E-state index contributed by atoms with van der Waals surface area (Å²) in [6.07, 6.45) is 0.816. The molecule has 2 aromatic carbocycles. The normalized spacial score (nSPS) is 14.3. The summed E-state index contributed by atoms with van der Waals surface area (Å²) in [6.45, 7) is 5.77. The summed E-state index contributed by atoms with van der Waals surface area (Å²) in [5.74, 6) is 0.236. The van der Waals surface area contributed by atoms with Crippen LogP contribution in [0.15, 0.2) is 47.4 Å². The van der Waals surface area contributed by atoms with Crippen molar-refractivity contribution in [2.24, 2.45) is 0 Å². The lowest BCUT2D eigenvalue weighted by molar-refractivity contribution is 0.0954. The lowest BCUT2D eigenvalue weighted by atomic mass is 10.1. The number of nitrogens with one attached hydrogen (secondary N) is 3. The number of ether oxygens (including phenoxy) is 1. The van der Waals surface area contributed by atoms with Gasteiger partial charge in [0.25, 0.3) is 15.9 Å². The molecule has 0 radical (unpaired) electrons. The van der Waals surface area contributed by atoms with E-state index >= 15 is 0 Å². The maximum atomic E-state index is 12.8. The lowest BCUT2D eigenvalue weighted by Crippen LogP contribution is -2.44. The largest absolute Gasteiger partial charge is 0.497 e. The van der Waals surface area contributed by atoms with E-state index in [0.717, 1.165) is 38.3 Å². The van der Waals surface area contributed by atoms with Crippen molar-refractivity contribution in [1.29, 1.82) is 0 Å². The fourth-order valence-corrected chi connectivity index (χ4v) is 4.36. The molecular weight excluding hydrogens is 404 g/mol. The number of benzene rings is 2. The van der Waals surface area contributed by atoms with Gasteiger partial charge in [-0.15, -0.1) is 0 Å². The average molecular weight is 433 g/mol. The fraction of sp³-hybridized carbons (Fsp3) is 0.381. The van der Waals surface area contributed by atoms with Crippen molar-refractivity contribution in [3.05, 3.63) is 48.0 Å². The van der Waals surface area contributed by atoms with Gasteiger partial charge in [0.2, 0.25) is 0 Å². The van der Waals surface area contributed by atoms with Crippen LogP contribution in [-0.2, 0) is 10.0 Å². The third kappa shape index (κ3) is 5.22. The topological polar surface area (TPSA) is 99.8 Å². The molecule has 1 aliphatic heterocycles. The minimum Gasteiger partial charge on any atom is -0.497 e. The average Bonchev–Trinajstić information content (AvgIpc) is 2.77. The molecule has 1 saturated heterocycles. The molecule has 0 aromatic heterocycles. The number of hydrogen-bond donors (Lipinski definition) is 3. The van der Waals surface area contributed by atoms with Crippen LogP contribution in [0, 0.1) is 0 Å². The summed E-state index contributed by atoms with van der Waals surface area (Å²) in [5, 5.41) is 6.18. The number of sulfonamides is 1. The Balaban J connectivity index is 1.91. The zero-order valence-corrected chi connectivity index (χ0v) is 18.1. The molecule has 162 valence electrons. The van der Waals surface area contributed by atoms with Gasteiger partial charge in [0.05, 0.1) is 17.6 Å². The minimum atomic E-state index is -3.83. The van der Waals surface area contributed by atoms with Crippen molar-refractivity contribution in [2.75, 3.05) is 49.5 Å². The minimum absolute atomic E-state index is 0.0880. The molecule has 2 aromatic rings. The van der Waals surface area contributed by atoms with Crippen LogP contribution in [0.2, 0.25) is 0 Å². The molecule has 0 unspecified atom stereocenters. The van der Waals surface area contributed by atoms with E-state index in [9.17, 15) is 13.2 Å². The zero-order chi connectivity index (χ0) is 21.6. The standard InChI is InChI=1S/C21H28N4O4S/c1-3-9-23-21(26)19-14-16(7-8-20(19)25-12-10-22-11-13-25)24-30(27,28)18-6-4-5-17(15-18)29-2/h4-8,14-15,22,24H,3,9-13H2,1-2H3,(H,23,26). The third-order valence-electron chi connectivity index (χ3n) is 4.84. The van der Waals surface area contributed by atoms with E-state index in [-0.39, 0.29) is 10.8 Å². The molecular formula is C21H28N4O4S. The number of methoxy groups -OCH3 is 1. The molecule has 0 spiro atoms. The van der Waals surface area contributed by atoms with E-state index < -0.39 is 10.0 Å². The first kappa shape index (κ1) is 21.9. The SMILES string of the molecule is CCCNC(=O)c1cc(NS(=O)(=O)c2cccc(OC)c2)ccc1N1CCNCC1. The van der Waals surface area contributed by atoms with E-state index in [2.05, 4.69) is 20.3 Å². The molecule has 1 amide bonds. The highest BCUT2D eigenvalue weighted by Gasteiger charge is 2.21. The van der Waals surface area contributed by atoms with Crippen LogP contribution in [0.5, 0.6) is 5.75 Å². The second kappa shape index (κ2) is 9.82. The van der Waals surface area contributed by atoms with E-state index in [1.165, 1.54) is 19.2 Å². The highest BCUT2D eigenvalue weighted by atomic mass is 32.2. The first-order valence-electron chi connectivity index (χ1n) is 9.99. The summed E-state index contributed by atoms with van der Waals surface area (Å²) >= 11 is 0.